The second kappa shape index (κ2) is 7.71. The van der Waals surface area contributed by atoms with E-state index in [-0.39, 0.29) is 23.0 Å². The zero-order valence-electron chi connectivity index (χ0n) is 17.4. The first-order valence-corrected chi connectivity index (χ1v) is 11.2. The molecule has 0 radical (unpaired) electrons. The lowest BCUT2D eigenvalue weighted by molar-refractivity contribution is 0.421. The number of phenols is 1. The summed E-state index contributed by atoms with van der Waals surface area (Å²) in [6.07, 6.45) is 0. The monoisotopic (exact) mass is 514 g/mol. The van der Waals surface area contributed by atoms with Gasteiger partial charge in [-0.05, 0) is 35.9 Å². The standard InChI is InChI=1S/C26H15BrN2O5/c27-15-7-5-13(6-8-15)21-17-10-9-16(30)12-20(17)33-25-22(21)24(31)28-23(29-25)18-11-14-3-1-2-4-19(14)34-26(18)32/h1-12,21,30H,(H,28,29,31). The van der Waals surface area contributed by atoms with Crippen molar-refractivity contribution in [3.63, 3.8) is 0 Å². The number of halogens is 1. The van der Waals surface area contributed by atoms with Gasteiger partial charge in [-0.25, -0.2) is 4.79 Å². The smallest absolute Gasteiger partial charge is 0.347 e. The number of aromatic hydroxyl groups is 1. The number of ether oxygens (including phenoxy) is 1. The molecular weight excluding hydrogens is 500 g/mol. The molecule has 0 fully saturated rings. The molecule has 1 aliphatic rings. The third kappa shape index (κ3) is 3.31. The van der Waals surface area contributed by atoms with E-state index in [1.165, 1.54) is 6.07 Å². The SMILES string of the molecule is O=c1[nH]c(-c2cc3ccccc3oc2=O)nc2c1C(c1ccc(Br)cc1)c1ccc(O)cc1O2. The average Bonchev–Trinajstić information content (AvgIpc) is 2.82. The molecule has 0 saturated heterocycles. The molecule has 0 aliphatic carbocycles. The van der Waals surface area contributed by atoms with Crippen LogP contribution in [0.15, 0.2) is 91.3 Å². The molecule has 3 aromatic carbocycles. The summed E-state index contributed by atoms with van der Waals surface area (Å²) in [6, 6.07) is 21.1. The number of fused-ring (bicyclic) bond motifs is 3. The highest BCUT2D eigenvalue weighted by molar-refractivity contribution is 9.10. The number of para-hydroxylation sites is 1. The minimum Gasteiger partial charge on any atom is -0.508 e. The summed E-state index contributed by atoms with van der Waals surface area (Å²) in [5.41, 5.74) is 1.38. The Labute approximate surface area is 200 Å². The van der Waals surface area contributed by atoms with Crippen molar-refractivity contribution in [2.45, 2.75) is 5.92 Å². The summed E-state index contributed by atoms with van der Waals surface area (Å²) >= 11 is 3.44. The van der Waals surface area contributed by atoms with Gasteiger partial charge >= 0.3 is 5.63 Å². The van der Waals surface area contributed by atoms with Gasteiger partial charge in [0.2, 0.25) is 5.88 Å². The fraction of sp³-hybridized carbons (Fsp3) is 0.0385. The van der Waals surface area contributed by atoms with Gasteiger partial charge in [0.1, 0.15) is 22.6 Å². The number of rotatable bonds is 2. The number of aromatic amines is 1. The van der Waals surface area contributed by atoms with Crippen LogP contribution >= 0.6 is 15.9 Å². The molecule has 8 heteroatoms. The highest BCUT2D eigenvalue weighted by Gasteiger charge is 2.33. The van der Waals surface area contributed by atoms with E-state index < -0.39 is 17.1 Å². The van der Waals surface area contributed by atoms with Gasteiger partial charge in [-0.3, -0.25) is 4.79 Å². The number of hydrogen-bond acceptors (Lipinski definition) is 6. The van der Waals surface area contributed by atoms with E-state index >= 15 is 0 Å². The normalized spacial score (nSPS) is 14.3. The van der Waals surface area contributed by atoms with E-state index in [2.05, 4.69) is 25.9 Å². The molecule has 0 saturated carbocycles. The van der Waals surface area contributed by atoms with Crippen LogP contribution in [-0.2, 0) is 0 Å². The van der Waals surface area contributed by atoms with E-state index in [0.717, 1.165) is 15.6 Å². The molecule has 7 nitrogen and oxygen atoms in total. The molecule has 1 atom stereocenters. The van der Waals surface area contributed by atoms with Crippen LogP contribution in [0.3, 0.4) is 0 Å². The summed E-state index contributed by atoms with van der Waals surface area (Å²) in [5, 5.41) is 10.7. The Balaban J connectivity index is 1.58. The van der Waals surface area contributed by atoms with Crippen molar-refractivity contribution in [3.05, 3.63) is 115 Å². The number of nitrogens with zero attached hydrogens (tertiary/aromatic N) is 1. The van der Waals surface area contributed by atoms with Gasteiger partial charge in [0.05, 0.1) is 5.56 Å². The Morgan fingerprint density at radius 1 is 0.971 bits per heavy atom. The van der Waals surface area contributed by atoms with Gasteiger partial charge < -0.3 is 19.2 Å². The summed E-state index contributed by atoms with van der Waals surface area (Å²) < 4.78 is 12.3. The zero-order valence-corrected chi connectivity index (χ0v) is 19.0. The number of aromatic nitrogens is 2. The van der Waals surface area contributed by atoms with Crippen molar-refractivity contribution in [1.82, 2.24) is 9.97 Å². The highest BCUT2D eigenvalue weighted by atomic mass is 79.9. The van der Waals surface area contributed by atoms with Crippen molar-refractivity contribution in [3.8, 4) is 28.8 Å². The molecule has 6 rings (SSSR count). The number of phenolic OH excluding ortho intramolecular Hbond substituents is 1. The Hall–Kier alpha value is -4.17. The van der Waals surface area contributed by atoms with Crippen LogP contribution in [0, 0.1) is 0 Å². The van der Waals surface area contributed by atoms with E-state index in [1.807, 2.05) is 30.3 Å². The maximum absolute atomic E-state index is 13.4. The molecule has 2 N–H and O–H groups in total. The summed E-state index contributed by atoms with van der Waals surface area (Å²) in [5.74, 6) is 0.0384. The molecule has 1 unspecified atom stereocenters. The van der Waals surface area contributed by atoms with Gasteiger partial charge in [-0.1, -0.05) is 52.3 Å². The number of hydrogen-bond donors (Lipinski definition) is 2. The Bertz CT molecular complexity index is 1710. The molecule has 34 heavy (non-hydrogen) atoms. The van der Waals surface area contributed by atoms with Gasteiger partial charge in [0.25, 0.3) is 5.56 Å². The van der Waals surface area contributed by atoms with Crippen molar-refractivity contribution in [2.24, 2.45) is 0 Å². The minimum absolute atomic E-state index is 0.0250. The molecule has 1 aliphatic heterocycles. The molecule has 0 amide bonds. The third-order valence-electron chi connectivity index (χ3n) is 5.82. The first-order valence-electron chi connectivity index (χ1n) is 10.4. The van der Waals surface area contributed by atoms with Gasteiger partial charge in [-0.15, -0.1) is 0 Å². The largest absolute Gasteiger partial charge is 0.508 e. The molecule has 2 aromatic heterocycles. The lowest BCUT2D eigenvalue weighted by Gasteiger charge is -2.27. The third-order valence-corrected chi connectivity index (χ3v) is 6.35. The second-order valence-electron chi connectivity index (χ2n) is 7.93. The summed E-state index contributed by atoms with van der Waals surface area (Å²) in [6.45, 7) is 0. The maximum Gasteiger partial charge on any atom is 0.347 e. The lowest BCUT2D eigenvalue weighted by Crippen LogP contribution is -2.25. The molecule has 3 heterocycles. The Kier molecular flexibility index (Phi) is 4.63. The van der Waals surface area contributed by atoms with Crippen molar-refractivity contribution < 1.29 is 14.3 Å². The van der Waals surface area contributed by atoms with Crippen molar-refractivity contribution in [1.29, 1.82) is 0 Å². The highest BCUT2D eigenvalue weighted by Crippen LogP contribution is 2.46. The quantitative estimate of drug-likeness (QED) is 0.304. The maximum atomic E-state index is 13.4. The van der Waals surface area contributed by atoms with E-state index in [0.29, 0.717) is 22.3 Å². The fourth-order valence-electron chi connectivity index (χ4n) is 4.26. The number of benzene rings is 3. The van der Waals surface area contributed by atoms with Crippen LogP contribution in [0.4, 0.5) is 0 Å². The predicted octanol–water partition coefficient (Wildman–Crippen LogP) is 5.30. The Morgan fingerprint density at radius 2 is 1.76 bits per heavy atom. The van der Waals surface area contributed by atoms with E-state index in [4.69, 9.17) is 9.15 Å². The van der Waals surface area contributed by atoms with Crippen LogP contribution in [0.25, 0.3) is 22.4 Å². The topological polar surface area (TPSA) is 105 Å². The van der Waals surface area contributed by atoms with Crippen LogP contribution in [0.1, 0.15) is 22.6 Å². The summed E-state index contributed by atoms with van der Waals surface area (Å²) in [4.78, 5) is 33.3. The van der Waals surface area contributed by atoms with Crippen molar-refractivity contribution in [2.75, 3.05) is 0 Å². The Morgan fingerprint density at radius 3 is 2.59 bits per heavy atom. The average molecular weight is 515 g/mol. The number of nitrogens with one attached hydrogen (secondary N) is 1. The lowest BCUT2D eigenvalue weighted by atomic mass is 9.84. The van der Waals surface area contributed by atoms with E-state index in [1.54, 1.807) is 36.4 Å². The molecule has 0 spiro atoms. The van der Waals surface area contributed by atoms with Crippen LogP contribution in [0.2, 0.25) is 0 Å². The first-order chi connectivity index (χ1) is 16.5. The van der Waals surface area contributed by atoms with Crippen LogP contribution in [0.5, 0.6) is 17.4 Å². The summed E-state index contributed by atoms with van der Waals surface area (Å²) in [7, 11) is 0. The van der Waals surface area contributed by atoms with Crippen LogP contribution < -0.4 is 15.9 Å². The zero-order chi connectivity index (χ0) is 23.4. The molecule has 0 bridgehead atoms. The predicted molar refractivity (Wildman–Crippen MR) is 130 cm³/mol. The van der Waals surface area contributed by atoms with Gasteiger partial charge in [0, 0.05) is 27.4 Å². The van der Waals surface area contributed by atoms with Crippen molar-refractivity contribution >= 4 is 26.9 Å². The minimum atomic E-state index is -0.625. The number of H-pyrrole nitrogens is 1. The first kappa shape index (κ1) is 20.4. The molecule has 5 aromatic rings. The second-order valence-corrected chi connectivity index (χ2v) is 8.84. The van der Waals surface area contributed by atoms with Crippen LogP contribution in [-0.4, -0.2) is 15.1 Å². The molecular formula is C26H15BrN2O5. The molecule has 166 valence electrons. The van der Waals surface area contributed by atoms with E-state index in [9.17, 15) is 14.7 Å². The van der Waals surface area contributed by atoms with Gasteiger partial charge in [0.15, 0.2) is 5.82 Å². The fourth-order valence-corrected chi connectivity index (χ4v) is 4.52. The van der Waals surface area contributed by atoms with Gasteiger partial charge in [-0.2, -0.15) is 4.98 Å².